The molecule has 1 aliphatic heterocycles. The Hall–Kier alpha value is -2.35. The number of halogens is 1. The summed E-state index contributed by atoms with van der Waals surface area (Å²) in [4.78, 5) is 20.2. The molecule has 0 spiro atoms. The number of aliphatic carboxylic acids is 1. The highest BCUT2D eigenvalue weighted by Crippen LogP contribution is 2.31. The molecular formula is C21H22ClN3O3S. The fraction of sp³-hybridized carbons (Fsp3) is 0.333. The van der Waals surface area contributed by atoms with Crippen LogP contribution in [0.5, 0.6) is 5.75 Å². The van der Waals surface area contributed by atoms with E-state index in [4.69, 9.17) is 26.4 Å². The van der Waals surface area contributed by atoms with Crippen molar-refractivity contribution in [2.75, 3.05) is 37.7 Å². The van der Waals surface area contributed by atoms with Crippen molar-refractivity contribution < 1.29 is 14.6 Å². The number of carboxylic acids is 1. The summed E-state index contributed by atoms with van der Waals surface area (Å²) < 4.78 is 6.51. The van der Waals surface area contributed by atoms with Crippen LogP contribution in [0.3, 0.4) is 0 Å². The van der Waals surface area contributed by atoms with E-state index in [9.17, 15) is 4.79 Å². The lowest BCUT2D eigenvalue weighted by molar-refractivity contribution is -0.139. The zero-order valence-electron chi connectivity index (χ0n) is 16.1. The second-order valence-electron chi connectivity index (χ2n) is 7.15. The number of rotatable bonds is 6. The first-order valence-corrected chi connectivity index (χ1v) is 10.6. The number of thiazole rings is 1. The van der Waals surface area contributed by atoms with Gasteiger partial charge >= 0.3 is 5.97 Å². The molecule has 29 heavy (non-hydrogen) atoms. The van der Waals surface area contributed by atoms with Crippen molar-refractivity contribution in [1.82, 2.24) is 9.88 Å². The molecule has 0 saturated carbocycles. The maximum atomic E-state index is 10.8. The zero-order valence-corrected chi connectivity index (χ0v) is 17.7. The average molecular weight is 432 g/mol. The van der Waals surface area contributed by atoms with Crippen LogP contribution >= 0.6 is 22.9 Å². The van der Waals surface area contributed by atoms with Crippen LogP contribution in [0.4, 0.5) is 5.13 Å². The monoisotopic (exact) mass is 431 g/mol. The van der Waals surface area contributed by atoms with Crippen molar-refractivity contribution in [2.45, 2.75) is 13.5 Å². The van der Waals surface area contributed by atoms with Gasteiger partial charge in [-0.25, -0.2) is 9.78 Å². The van der Waals surface area contributed by atoms with Crippen LogP contribution < -0.4 is 9.64 Å². The number of ether oxygens (including phenoxy) is 1. The molecule has 0 atom stereocenters. The third kappa shape index (κ3) is 4.80. The highest BCUT2D eigenvalue weighted by Gasteiger charge is 2.20. The van der Waals surface area contributed by atoms with E-state index in [0.29, 0.717) is 5.75 Å². The Morgan fingerprint density at radius 3 is 2.76 bits per heavy atom. The zero-order chi connectivity index (χ0) is 20.4. The Bertz CT molecular complexity index is 1030. The molecule has 1 aromatic heterocycles. The molecule has 0 unspecified atom stereocenters. The Labute approximate surface area is 178 Å². The largest absolute Gasteiger partial charge is 0.482 e. The summed E-state index contributed by atoms with van der Waals surface area (Å²) in [6.45, 7) is 6.13. The molecule has 3 aromatic rings. The van der Waals surface area contributed by atoms with Gasteiger partial charge in [0.05, 0.1) is 10.2 Å². The van der Waals surface area contributed by atoms with Crippen LogP contribution in [0.1, 0.15) is 11.1 Å². The number of carboxylic acid groups (broad SMARTS) is 1. The molecule has 2 heterocycles. The van der Waals surface area contributed by atoms with Gasteiger partial charge in [0, 0.05) is 37.7 Å². The lowest BCUT2D eigenvalue weighted by Gasteiger charge is -2.34. The van der Waals surface area contributed by atoms with Gasteiger partial charge in [0.25, 0.3) is 0 Å². The molecule has 4 rings (SSSR count). The lowest BCUT2D eigenvalue weighted by Crippen LogP contribution is -2.45. The smallest absolute Gasteiger partial charge is 0.341 e. The van der Waals surface area contributed by atoms with E-state index < -0.39 is 5.97 Å². The molecule has 0 amide bonds. The second-order valence-corrected chi connectivity index (χ2v) is 8.60. The maximum Gasteiger partial charge on any atom is 0.341 e. The summed E-state index contributed by atoms with van der Waals surface area (Å²) in [5.41, 5.74) is 3.06. The number of carbonyl (C=O) groups is 1. The van der Waals surface area contributed by atoms with Crippen molar-refractivity contribution in [1.29, 1.82) is 0 Å². The molecule has 1 aliphatic rings. The standard InChI is InChI=1S/C21H22ClN3O3S/c1-14-2-3-15(10-18(14)28-13-20(26)27)12-24-6-8-25(9-7-24)21-23-17-5-4-16(22)11-19(17)29-21/h2-5,10-11H,6-9,12-13H2,1H3,(H,26,27). The predicted octanol–water partition coefficient (Wildman–Crippen LogP) is 4.04. The van der Waals surface area contributed by atoms with Gasteiger partial charge in [-0.2, -0.15) is 0 Å². The van der Waals surface area contributed by atoms with Gasteiger partial charge in [0.15, 0.2) is 11.7 Å². The first-order valence-electron chi connectivity index (χ1n) is 9.45. The number of hydrogen-bond donors (Lipinski definition) is 1. The van der Waals surface area contributed by atoms with E-state index in [1.165, 1.54) is 0 Å². The number of anilines is 1. The minimum atomic E-state index is -0.969. The molecule has 2 aromatic carbocycles. The molecule has 8 heteroatoms. The first kappa shape index (κ1) is 19.9. The van der Waals surface area contributed by atoms with Crippen molar-refractivity contribution in [3.63, 3.8) is 0 Å². The van der Waals surface area contributed by atoms with Gasteiger partial charge < -0.3 is 14.7 Å². The second kappa shape index (κ2) is 8.57. The summed E-state index contributed by atoms with van der Waals surface area (Å²) in [7, 11) is 0. The third-order valence-electron chi connectivity index (χ3n) is 4.99. The summed E-state index contributed by atoms with van der Waals surface area (Å²) in [6, 6.07) is 11.8. The Morgan fingerprint density at radius 1 is 1.21 bits per heavy atom. The van der Waals surface area contributed by atoms with Crippen LogP contribution in [-0.4, -0.2) is 53.7 Å². The van der Waals surface area contributed by atoms with Crippen LogP contribution in [0.25, 0.3) is 10.2 Å². The van der Waals surface area contributed by atoms with E-state index in [1.54, 1.807) is 11.3 Å². The van der Waals surface area contributed by atoms with E-state index in [1.807, 2.05) is 37.3 Å². The quantitative estimate of drug-likeness (QED) is 0.635. The third-order valence-corrected chi connectivity index (χ3v) is 6.31. The van der Waals surface area contributed by atoms with Crippen molar-refractivity contribution in [3.8, 4) is 5.75 Å². The maximum absolute atomic E-state index is 10.8. The molecule has 1 saturated heterocycles. The Morgan fingerprint density at radius 2 is 2.00 bits per heavy atom. The van der Waals surface area contributed by atoms with Crippen LogP contribution in [0.2, 0.25) is 5.02 Å². The van der Waals surface area contributed by atoms with Crippen molar-refractivity contribution >= 4 is 44.3 Å². The van der Waals surface area contributed by atoms with Gasteiger partial charge in [-0.1, -0.05) is 35.1 Å². The van der Waals surface area contributed by atoms with Crippen LogP contribution in [-0.2, 0) is 11.3 Å². The molecule has 0 bridgehead atoms. The molecule has 0 aliphatic carbocycles. The van der Waals surface area contributed by atoms with E-state index in [-0.39, 0.29) is 6.61 Å². The number of nitrogens with zero attached hydrogens (tertiary/aromatic N) is 3. The predicted molar refractivity (Wildman–Crippen MR) is 116 cm³/mol. The van der Waals surface area contributed by atoms with Gasteiger partial charge in [0.2, 0.25) is 0 Å². The molecule has 152 valence electrons. The first-order chi connectivity index (χ1) is 14.0. The van der Waals surface area contributed by atoms with Crippen molar-refractivity contribution in [2.24, 2.45) is 0 Å². The minimum absolute atomic E-state index is 0.323. The van der Waals surface area contributed by atoms with E-state index in [0.717, 1.165) is 64.2 Å². The molecule has 1 fully saturated rings. The SMILES string of the molecule is Cc1ccc(CN2CCN(c3nc4ccc(Cl)cc4s3)CC2)cc1OCC(=O)O. The normalized spacial score (nSPS) is 15.0. The molecular weight excluding hydrogens is 410 g/mol. The lowest BCUT2D eigenvalue weighted by atomic mass is 10.1. The summed E-state index contributed by atoms with van der Waals surface area (Å²) >= 11 is 7.77. The van der Waals surface area contributed by atoms with Crippen LogP contribution in [0.15, 0.2) is 36.4 Å². The summed E-state index contributed by atoms with van der Waals surface area (Å²) in [5.74, 6) is -0.334. The van der Waals surface area contributed by atoms with E-state index >= 15 is 0 Å². The Balaban J connectivity index is 1.37. The molecule has 6 nitrogen and oxygen atoms in total. The number of fused-ring (bicyclic) bond motifs is 1. The highest BCUT2D eigenvalue weighted by molar-refractivity contribution is 7.22. The molecule has 1 N–H and O–H groups in total. The summed E-state index contributed by atoms with van der Waals surface area (Å²) in [6.07, 6.45) is 0. The average Bonchev–Trinajstić information content (AvgIpc) is 3.12. The number of piperazine rings is 1. The number of aryl methyl sites for hydroxylation is 1. The van der Waals surface area contributed by atoms with Crippen molar-refractivity contribution in [3.05, 3.63) is 52.5 Å². The summed E-state index contributed by atoms with van der Waals surface area (Å²) in [5, 5.41) is 10.6. The number of aromatic nitrogens is 1. The fourth-order valence-corrected chi connectivity index (χ4v) is 4.71. The van der Waals surface area contributed by atoms with Gasteiger partial charge in [-0.05, 0) is 42.3 Å². The molecule has 0 radical (unpaired) electrons. The van der Waals surface area contributed by atoms with Gasteiger partial charge in [-0.3, -0.25) is 4.90 Å². The minimum Gasteiger partial charge on any atom is -0.482 e. The number of hydrogen-bond acceptors (Lipinski definition) is 6. The highest BCUT2D eigenvalue weighted by atomic mass is 35.5. The van der Waals surface area contributed by atoms with E-state index in [2.05, 4.69) is 15.9 Å². The van der Waals surface area contributed by atoms with Crippen LogP contribution in [0, 0.1) is 6.92 Å². The van der Waals surface area contributed by atoms with Gasteiger partial charge in [0.1, 0.15) is 5.75 Å². The van der Waals surface area contributed by atoms with Gasteiger partial charge in [-0.15, -0.1) is 0 Å². The fourth-order valence-electron chi connectivity index (χ4n) is 3.41. The Kier molecular flexibility index (Phi) is 5.89. The topological polar surface area (TPSA) is 65.9 Å². The number of benzene rings is 2.